The predicted molar refractivity (Wildman–Crippen MR) is 53.3 cm³/mol. The fourth-order valence-electron chi connectivity index (χ4n) is 1.66. The molecule has 18 heavy (non-hydrogen) atoms. The van der Waals surface area contributed by atoms with Crippen molar-refractivity contribution < 1.29 is 27.5 Å². The van der Waals surface area contributed by atoms with Crippen LogP contribution < -0.4 is 0 Å². The number of nitrogens with zero attached hydrogens (tertiary/aromatic N) is 1. The molecule has 1 aliphatic rings. The minimum atomic E-state index is -4.63. The number of alkyl halides is 3. The third-order valence-corrected chi connectivity index (χ3v) is 2.67. The summed E-state index contributed by atoms with van der Waals surface area (Å²) in [6, 6.07) is 1.69. The summed E-state index contributed by atoms with van der Waals surface area (Å²) in [5, 5.41) is 9.00. The Balaban J connectivity index is 2.29. The molecule has 1 aromatic carbocycles. The molecule has 0 unspecified atom stereocenters. The van der Waals surface area contributed by atoms with Gasteiger partial charge in [0.2, 0.25) is 0 Å². The van der Waals surface area contributed by atoms with E-state index in [0.717, 1.165) is 4.90 Å². The van der Waals surface area contributed by atoms with Crippen LogP contribution in [0.3, 0.4) is 0 Å². The first-order chi connectivity index (χ1) is 8.29. The number of hydrogen-bond donors (Lipinski definition) is 1. The fraction of sp³-hybridized carbons (Fsp3) is 0.364. The van der Waals surface area contributed by atoms with Crippen molar-refractivity contribution in [3.05, 3.63) is 35.1 Å². The molecule has 0 aromatic heterocycles. The molecule has 1 aromatic rings. The average Bonchev–Trinajstić information content (AvgIpc) is 2.23. The zero-order valence-electron chi connectivity index (χ0n) is 9.04. The Hall–Kier alpha value is -1.63. The first-order valence-electron chi connectivity index (χ1n) is 5.13. The summed E-state index contributed by atoms with van der Waals surface area (Å²) in [4.78, 5) is 12.8. The highest BCUT2D eigenvalue weighted by Crippen LogP contribution is 2.30. The lowest BCUT2D eigenvalue weighted by Crippen LogP contribution is -2.53. The smallest absolute Gasteiger partial charge is 0.389 e. The number of halogens is 4. The van der Waals surface area contributed by atoms with Gasteiger partial charge in [0, 0.05) is 13.1 Å². The van der Waals surface area contributed by atoms with Gasteiger partial charge in [-0.3, -0.25) is 4.79 Å². The largest absolute Gasteiger partial charge is 0.416 e. The van der Waals surface area contributed by atoms with E-state index in [0.29, 0.717) is 18.2 Å². The summed E-state index contributed by atoms with van der Waals surface area (Å²) in [6.45, 7) is 0.0169. The van der Waals surface area contributed by atoms with Crippen molar-refractivity contribution in [1.29, 1.82) is 0 Å². The Morgan fingerprint density at radius 1 is 1.33 bits per heavy atom. The maximum atomic E-state index is 13.3. The Morgan fingerprint density at radius 2 is 1.94 bits per heavy atom. The summed E-state index contributed by atoms with van der Waals surface area (Å²) in [7, 11) is 0. The summed E-state index contributed by atoms with van der Waals surface area (Å²) in [6.07, 6.45) is -5.32. The van der Waals surface area contributed by atoms with E-state index in [4.69, 9.17) is 5.11 Å². The quantitative estimate of drug-likeness (QED) is 0.783. The molecule has 98 valence electrons. The van der Waals surface area contributed by atoms with Crippen LogP contribution in [-0.4, -0.2) is 35.1 Å². The minimum Gasteiger partial charge on any atom is -0.389 e. The van der Waals surface area contributed by atoms with Crippen LogP contribution in [0.1, 0.15) is 15.9 Å². The topological polar surface area (TPSA) is 40.5 Å². The van der Waals surface area contributed by atoms with E-state index in [-0.39, 0.29) is 13.1 Å². The molecule has 1 aliphatic heterocycles. The van der Waals surface area contributed by atoms with E-state index in [2.05, 4.69) is 0 Å². The molecule has 0 radical (unpaired) electrons. The number of hydrogen-bond acceptors (Lipinski definition) is 2. The molecule has 0 spiro atoms. The second kappa shape index (κ2) is 4.24. The van der Waals surface area contributed by atoms with Gasteiger partial charge in [0.1, 0.15) is 5.82 Å². The van der Waals surface area contributed by atoms with Crippen molar-refractivity contribution in [3.8, 4) is 0 Å². The maximum Gasteiger partial charge on any atom is 0.416 e. The van der Waals surface area contributed by atoms with Crippen molar-refractivity contribution in [3.63, 3.8) is 0 Å². The van der Waals surface area contributed by atoms with E-state index in [1.807, 2.05) is 0 Å². The molecule has 1 fully saturated rings. The Bertz CT molecular complexity index is 480. The molecule has 7 heteroatoms. The van der Waals surface area contributed by atoms with Crippen LogP contribution in [-0.2, 0) is 6.18 Å². The van der Waals surface area contributed by atoms with Crippen LogP contribution in [0.4, 0.5) is 17.6 Å². The van der Waals surface area contributed by atoms with Gasteiger partial charge in [0.15, 0.2) is 0 Å². The lowest BCUT2D eigenvalue weighted by molar-refractivity contribution is -0.137. The summed E-state index contributed by atoms with van der Waals surface area (Å²) < 4.78 is 50.7. The zero-order chi connectivity index (χ0) is 13.5. The highest BCUT2D eigenvalue weighted by atomic mass is 19.4. The standard InChI is InChI=1S/C11H9F4NO2/c12-9-2-1-6(11(13,14)15)3-8(9)10(18)16-4-7(17)5-16/h1-3,7,17H,4-5H2. The first kappa shape index (κ1) is 12.8. The van der Waals surface area contributed by atoms with Gasteiger partial charge in [-0.2, -0.15) is 13.2 Å². The molecule has 0 bridgehead atoms. The van der Waals surface area contributed by atoms with Gasteiger partial charge in [-0.25, -0.2) is 4.39 Å². The number of rotatable bonds is 1. The van der Waals surface area contributed by atoms with Gasteiger partial charge < -0.3 is 10.0 Å². The van der Waals surface area contributed by atoms with E-state index in [9.17, 15) is 22.4 Å². The van der Waals surface area contributed by atoms with Crippen molar-refractivity contribution >= 4 is 5.91 Å². The second-order valence-electron chi connectivity index (χ2n) is 4.06. The molecule has 0 saturated carbocycles. The average molecular weight is 263 g/mol. The van der Waals surface area contributed by atoms with Crippen LogP contribution in [0, 0.1) is 5.82 Å². The van der Waals surface area contributed by atoms with Crippen LogP contribution in [0.2, 0.25) is 0 Å². The molecule has 2 rings (SSSR count). The molecule has 3 nitrogen and oxygen atoms in total. The maximum absolute atomic E-state index is 13.3. The summed E-state index contributed by atoms with van der Waals surface area (Å²) >= 11 is 0. The lowest BCUT2D eigenvalue weighted by Gasteiger charge is -2.36. The van der Waals surface area contributed by atoms with Crippen molar-refractivity contribution in [2.75, 3.05) is 13.1 Å². The highest BCUT2D eigenvalue weighted by molar-refractivity contribution is 5.95. The van der Waals surface area contributed by atoms with Gasteiger partial charge in [-0.05, 0) is 18.2 Å². The monoisotopic (exact) mass is 263 g/mol. The minimum absolute atomic E-state index is 0.00845. The lowest BCUT2D eigenvalue weighted by atomic mass is 10.1. The van der Waals surface area contributed by atoms with Crippen LogP contribution in [0.15, 0.2) is 18.2 Å². The predicted octanol–water partition coefficient (Wildman–Crippen LogP) is 1.66. The van der Waals surface area contributed by atoms with Gasteiger partial charge >= 0.3 is 6.18 Å². The van der Waals surface area contributed by atoms with E-state index in [1.54, 1.807) is 0 Å². The number of carbonyl (C=O) groups is 1. The third-order valence-electron chi connectivity index (χ3n) is 2.67. The van der Waals surface area contributed by atoms with Crippen LogP contribution in [0.5, 0.6) is 0 Å². The number of likely N-dealkylation sites (tertiary alicyclic amines) is 1. The van der Waals surface area contributed by atoms with Gasteiger partial charge in [-0.15, -0.1) is 0 Å². The Labute approximate surface area is 99.6 Å². The molecule has 1 amide bonds. The zero-order valence-corrected chi connectivity index (χ0v) is 9.04. The summed E-state index contributed by atoms with van der Waals surface area (Å²) in [5.74, 6) is -1.85. The normalized spacial score (nSPS) is 16.6. The first-order valence-corrected chi connectivity index (χ1v) is 5.13. The fourth-order valence-corrected chi connectivity index (χ4v) is 1.66. The molecule has 1 heterocycles. The number of carbonyl (C=O) groups excluding carboxylic acids is 1. The molecule has 0 atom stereocenters. The Morgan fingerprint density at radius 3 is 2.44 bits per heavy atom. The van der Waals surface area contributed by atoms with Gasteiger partial charge in [-0.1, -0.05) is 0 Å². The molecular weight excluding hydrogens is 254 g/mol. The van der Waals surface area contributed by atoms with Crippen molar-refractivity contribution in [1.82, 2.24) is 4.90 Å². The number of aliphatic hydroxyl groups is 1. The van der Waals surface area contributed by atoms with E-state index in [1.165, 1.54) is 0 Å². The van der Waals surface area contributed by atoms with Crippen LogP contribution >= 0.6 is 0 Å². The number of benzene rings is 1. The van der Waals surface area contributed by atoms with Gasteiger partial charge in [0.05, 0.1) is 17.2 Å². The third kappa shape index (κ3) is 2.31. The van der Waals surface area contributed by atoms with E-state index < -0.39 is 35.1 Å². The van der Waals surface area contributed by atoms with E-state index >= 15 is 0 Å². The molecule has 0 aliphatic carbocycles. The van der Waals surface area contributed by atoms with Crippen molar-refractivity contribution in [2.24, 2.45) is 0 Å². The Kier molecular flexibility index (Phi) is 3.02. The molecular formula is C11H9F4NO2. The molecule has 1 saturated heterocycles. The van der Waals surface area contributed by atoms with Crippen molar-refractivity contribution in [2.45, 2.75) is 12.3 Å². The van der Waals surface area contributed by atoms with Crippen LogP contribution in [0.25, 0.3) is 0 Å². The number of β-amino-alcohol motifs (C(OH)–C–C–N with tert-alkyl or cyclic N) is 1. The number of amides is 1. The highest BCUT2D eigenvalue weighted by Gasteiger charge is 2.34. The second-order valence-corrected chi connectivity index (χ2v) is 4.06. The summed E-state index contributed by atoms with van der Waals surface area (Å²) in [5.41, 5.74) is -1.70. The van der Waals surface area contributed by atoms with Gasteiger partial charge in [0.25, 0.3) is 5.91 Å². The number of aliphatic hydroxyl groups excluding tert-OH is 1. The molecule has 1 N–H and O–H groups in total. The SMILES string of the molecule is O=C(c1cc(C(F)(F)F)ccc1F)N1CC(O)C1.